The van der Waals surface area contributed by atoms with Crippen molar-refractivity contribution in [3.63, 3.8) is 0 Å². The summed E-state index contributed by atoms with van der Waals surface area (Å²) in [6.45, 7) is 1.94. The van der Waals surface area contributed by atoms with E-state index < -0.39 is 26.4 Å². The monoisotopic (exact) mass is 359 g/mol. The maximum absolute atomic E-state index is 14.6. The zero-order valence-corrected chi connectivity index (χ0v) is 14.4. The number of benzene rings is 2. The maximum atomic E-state index is 14.6. The lowest BCUT2D eigenvalue weighted by molar-refractivity contribution is 0.557. The van der Waals surface area contributed by atoms with Crippen molar-refractivity contribution in [2.24, 2.45) is 0 Å². The maximum Gasteiger partial charge on any atom is 0.178 e. The lowest BCUT2D eigenvalue weighted by Gasteiger charge is -2.12. The predicted molar refractivity (Wildman–Crippen MR) is 92.9 cm³/mol. The lowest BCUT2D eigenvalue weighted by Crippen LogP contribution is -2.03. The standard InChI is InChI=1S/C19H15F2NO2S/c1-12-4-3-5-13(8-12)14-6-7-22-11-16(14)15-9-18(21)19(10-17(15)20)25(2,23)24/h3-11H,1-2H3. The highest BCUT2D eigenvalue weighted by Gasteiger charge is 2.20. The highest BCUT2D eigenvalue weighted by Crippen LogP contribution is 2.34. The van der Waals surface area contributed by atoms with E-state index in [0.29, 0.717) is 17.2 Å². The van der Waals surface area contributed by atoms with Gasteiger partial charge in [-0.3, -0.25) is 4.98 Å². The lowest BCUT2D eigenvalue weighted by atomic mass is 9.95. The molecule has 0 fully saturated rings. The first-order valence-electron chi connectivity index (χ1n) is 7.48. The Morgan fingerprint density at radius 1 is 0.920 bits per heavy atom. The summed E-state index contributed by atoms with van der Waals surface area (Å²) >= 11 is 0. The summed E-state index contributed by atoms with van der Waals surface area (Å²) in [7, 11) is -3.85. The van der Waals surface area contributed by atoms with Crippen LogP contribution in [0.25, 0.3) is 22.3 Å². The van der Waals surface area contributed by atoms with Crippen LogP contribution >= 0.6 is 0 Å². The molecule has 0 amide bonds. The Kier molecular flexibility index (Phi) is 4.39. The molecule has 0 saturated heterocycles. The molecule has 2 aromatic carbocycles. The summed E-state index contributed by atoms with van der Waals surface area (Å²) in [5, 5.41) is 0. The molecule has 0 radical (unpaired) electrons. The molecule has 1 aromatic heterocycles. The predicted octanol–water partition coefficient (Wildman–Crippen LogP) is 4.41. The van der Waals surface area contributed by atoms with Gasteiger partial charge in [-0.1, -0.05) is 29.8 Å². The molecular formula is C19H15F2NO2S. The number of sulfone groups is 1. The van der Waals surface area contributed by atoms with Gasteiger partial charge < -0.3 is 0 Å². The van der Waals surface area contributed by atoms with Crippen LogP contribution in [-0.2, 0) is 9.84 Å². The Hall–Kier alpha value is -2.60. The van der Waals surface area contributed by atoms with Crippen molar-refractivity contribution in [3.05, 3.63) is 72.1 Å². The molecule has 6 heteroatoms. The van der Waals surface area contributed by atoms with E-state index in [1.807, 2.05) is 31.2 Å². The molecule has 0 spiro atoms. The fraction of sp³-hybridized carbons (Fsp3) is 0.105. The van der Waals surface area contributed by atoms with E-state index in [1.165, 1.54) is 6.20 Å². The second kappa shape index (κ2) is 6.37. The molecular weight excluding hydrogens is 344 g/mol. The summed E-state index contributed by atoms with van der Waals surface area (Å²) in [6.07, 6.45) is 3.85. The minimum atomic E-state index is -3.85. The van der Waals surface area contributed by atoms with Crippen LogP contribution in [0, 0.1) is 18.6 Å². The molecule has 0 unspecified atom stereocenters. The van der Waals surface area contributed by atoms with E-state index in [-0.39, 0.29) is 5.56 Å². The van der Waals surface area contributed by atoms with Crippen LogP contribution in [0.4, 0.5) is 8.78 Å². The summed E-state index contributed by atoms with van der Waals surface area (Å²) in [6, 6.07) is 10.9. The molecule has 3 rings (SSSR count). The van der Waals surface area contributed by atoms with E-state index in [1.54, 1.807) is 12.3 Å². The average Bonchev–Trinajstić information content (AvgIpc) is 2.55. The smallest absolute Gasteiger partial charge is 0.178 e. The number of halogens is 2. The number of hydrogen-bond donors (Lipinski definition) is 0. The minimum absolute atomic E-state index is 0.0329. The molecule has 1 heterocycles. The second-order valence-corrected chi connectivity index (χ2v) is 7.81. The van der Waals surface area contributed by atoms with Gasteiger partial charge in [0.25, 0.3) is 0 Å². The van der Waals surface area contributed by atoms with Gasteiger partial charge >= 0.3 is 0 Å². The van der Waals surface area contributed by atoms with Gasteiger partial charge in [-0.2, -0.15) is 0 Å². The number of aromatic nitrogens is 1. The number of pyridine rings is 1. The van der Waals surface area contributed by atoms with Gasteiger partial charge in [-0.25, -0.2) is 17.2 Å². The third-order valence-corrected chi connectivity index (χ3v) is 4.97. The number of hydrogen-bond acceptors (Lipinski definition) is 3. The number of aryl methyl sites for hydroxylation is 1. The van der Waals surface area contributed by atoms with Crippen molar-refractivity contribution in [1.29, 1.82) is 0 Å². The van der Waals surface area contributed by atoms with Gasteiger partial charge in [0.2, 0.25) is 0 Å². The van der Waals surface area contributed by atoms with Gasteiger partial charge in [0.05, 0.1) is 0 Å². The molecule has 3 aromatic rings. The van der Waals surface area contributed by atoms with E-state index in [2.05, 4.69) is 4.98 Å². The van der Waals surface area contributed by atoms with Crippen molar-refractivity contribution in [2.75, 3.05) is 6.26 Å². The van der Waals surface area contributed by atoms with Gasteiger partial charge in [-0.05, 0) is 36.2 Å². The van der Waals surface area contributed by atoms with Gasteiger partial charge in [0.1, 0.15) is 16.5 Å². The van der Waals surface area contributed by atoms with Crippen molar-refractivity contribution in [3.8, 4) is 22.3 Å². The second-order valence-electron chi connectivity index (χ2n) is 5.83. The summed E-state index contributed by atoms with van der Waals surface area (Å²) < 4.78 is 51.9. The Balaban J connectivity index is 2.24. The SMILES string of the molecule is Cc1cccc(-c2ccncc2-c2cc(F)c(S(C)(=O)=O)cc2F)c1. The summed E-state index contributed by atoms with van der Waals surface area (Å²) in [4.78, 5) is 3.35. The number of rotatable bonds is 3. The van der Waals surface area contributed by atoms with Crippen LogP contribution in [0.3, 0.4) is 0 Å². The van der Waals surface area contributed by atoms with Crippen molar-refractivity contribution in [1.82, 2.24) is 4.98 Å². The molecule has 0 aliphatic rings. The van der Waals surface area contributed by atoms with Crippen LogP contribution in [0.15, 0.2) is 59.8 Å². The molecule has 0 aliphatic heterocycles. The topological polar surface area (TPSA) is 47.0 Å². The third kappa shape index (κ3) is 3.44. The Labute approximate surface area is 144 Å². The Morgan fingerprint density at radius 3 is 2.36 bits per heavy atom. The molecule has 0 saturated carbocycles. The molecule has 0 N–H and O–H groups in total. The quantitative estimate of drug-likeness (QED) is 0.696. The summed E-state index contributed by atoms with van der Waals surface area (Å²) in [5.74, 6) is -1.80. The van der Waals surface area contributed by atoms with E-state index >= 15 is 0 Å². The third-order valence-electron chi connectivity index (χ3n) is 3.86. The highest BCUT2D eigenvalue weighted by atomic mass is 32.2. The zero-order valence-electron chi connectivity index (χ0n) is 13.6. The van der Waals surface area contributed by atoms with E-state index in [4.69, 9.17) is 0 Å². The van der Waals surface area contributed by atoms with Crippen LogP contribution in [0.2, 0.25) is 0 Å². The molecule has 0 atom stereocenters. The normalized spacial score (nSPS) is 11.5. The molecule has 0 bridgehead atoms. The van der Waals surface area contributed by atoms with Crippen LogP contribution < -0.4 is 0 Å². The summed E-state index contributed by atoms with van der Waals surface area (Å²) in [5.41, 5.74) is 2.91. The first-order chi connectivity index (χ1) is 11.8. The first kappa shape index (κ1) is 17.2. The Bertz CT molecular complexity index is 1060. The minimum Gasteiger partial charge on any atom is -0.264 e. The largest absolute Gasteiger partial charge is 0.264 e. The van der Waals surface area contributed by atoms with Crippen LogP contribution in [-0.4, -0.2) is 19.7 Å². The molecule has 25 heavy (non-hydrogen) atoms. The molecule has 128 valence electrons. The van der Waals surface area contributed by atoms with Crippen molar-refractivity contribution < 1.29 is 17.2 Å². The zero-order chi connectivity index (χ0) is 18.2. The van der Waals surface area contributed by atoms with Gasteiger partial charge in [0, 0.05) is 29.8 Å². The van der Waals surface area contributed by atoms with Crippen molar-refractivity contribution >= 4 is 9.84 Å². The fourth-order valence-electron chi connectivity index (χ4n) is 2.69. The fourth-order valence-corrected chi connectivity index (χ4v) is 3.42. The average molecular weight is 359 g/mol. The molecule has 0 aliphatic carbocycles. The first-order valence-corrected chi connectivity index (χ1v) is 9.37. The van der Waals surface area contributed by atoms with E-state index in [9.17, 15) is 17.2 Å². The number of nitrogens with zero attached hydrogens (tertiary/aromatic N) is 1. The van der Waals surface area contributed by atoms with E-state index in [0.717, 1.165) is 23.4 Å². The highest BCUT2D eigenvalue weighted by molar-refractivity contribution is 7.90. The van der Waals surface area contributed by atoms with Crippen LogP contribution in [0.5, 0.6) is 0 Å². The van der Waals surface area contributed by atoms with Gasteiger partial charge in [-0.15, -0.1) is 0 Å². The Morgan fingerprint density at radius 2 is 1.68 bits per heavy atom. The molecule has 3 nitrogen and oxygen atoms in total. The van der Waals surface area contributed by atoms with Gasteiger partial charge in [0.15, 0.2) is 9.84 Å². The van der Waals surface area contributed by atoms with Crippen LogP contribution in [0.1, 0.15) is 5.56 Å². The van der Waals surface area contributed by atoms with Crippen molar-refractivity contribution in [2.45, 2.75) is 11.8 Å².